The molecule has 2 unspecified atom stereocenters. The van der Waals surface area contributed by atoms with Crippen molar-refractivity contribution in [3.05, 3.63) is 33.8 Å². The number of carboxylic acids is 1. The molecule has 1 fully saturated rings. The van der Waals surface area contributed by atoms with Gasteiger partial charge in [0.25, 0.3) is 0 Å². The highest BCUT2D eigenvalue weighted by Crippen LogP contribution is 2.26. The maximum Gasteiger partial charge on any atom is 0.335 e. The van der Waals surface area contributed by atoms with Gasteiger partial charge in [0.05, 0.1) is 11.7 Å². The van der Waals surface area contributed by atoms with E-state index in [0.29, 0.717) is 12.1 Å². The molecule has 5 heteroatoms. The van der Waals surface area contributed by atoms with Crippen LogP contribution in [0.1, 0.15) is 36.2 Å². The van der Waals surface area contributed by atoms with E-state index in [1.54, 1.807) is 12.1 Å². The Morgan fingerprint density at radius 1 is 1.63 bits per heavy atom. The first kappa shape index (κ1) is 14.5. The molecule has 2 rings (SSSR count). The molecular weight excluding hydrogens is 310 g/mol. The highest BCUT2D eigenvalue weighted by Gasteiger charge is 2.36. The second-order valence-electron chi connectivity index (χ2n) is 5.15. The topological polar surface area (TPSA) is 58.6 Å². The minimum Gasteiger partial charge on any atom is -0.478 e. The number of benzene rings is 1. The molecular formula is C14H18BrNO3. The molecule has 1 aromatic carbocycles. The van der Waals surface area contributed by atoms with Gasteiger partial charge in [-0.15, -0.1) is 0 Å². The second kappa shape index (κ2) is 5.61. The molecule has 19 heavy (non-hydrogen) atoms. The van der Waals surface area contributed by atoms with Crippen LogP contribution in [0.4, 0.5) is 0 Å². The summed E-state index contributed by atoms with van der Waals surface area (Å²) in [5, 5.41) is 12.4. The third-order valence-electron chi connectivity index (χ3n) is 3.87. The highest BCUT2D eigenvalue weighted by molar-refractivity contribution is 9.10. The van der Waals surface area contributed by atoms with Crippen LogP contribution in [0.25, 0.3) is 0 Å². The van der Waals surface area contributed by atoms with Gasteiger partial charge in [-0.05, 0) is 38.0 Å². The van der Waals surface area contributed by atoms with Crippen molar-refractivity contribution in [2.45, 2.75) is 38.5 Å². The van der Waals surface area contributed by atoms with Crippen LogP contribution in [0.3, 0.4) is 0 Å². The molecule has 1 aliphatic heterocycles. The molecule has 1 aliphatic rings. The fourth-order valence-corrected chi connectivity index (χ4v) is 2.71. The summed E-state index contributed by atoms with van der Waals surface area (Å²) in [4.78, 5) is 10.9. The molecule has 4 nitrogen and oxygen atoms in total. The predicted molar refractivity (Wildman–Crippen MR) is 76.4 cm³/mol. The minimum absolute atomic E-state index is 0.0229. The lowest BCUT2D eigenvalue weighted by molar-refractivity contribution is 0.0697. The van der Waals surface area contributed by atoms with Crippen molar-refractivity contribution in [3.63, 3.8) is 0 Å². The molecule has 2 atom stereocenters. The SMILES string of the molecule is CC1OCCC1(C)NCc1ccc(C(=O)O)cc1Br. The molecule has 0 spiro atoms. The van der Waals surface area contributed by atoms with Gasteiger partial charge in [0.1, 0.15) is 0 Å². The number of nitrogens with one attached hydrogen (secondary N) is 1. The van der Waals surface area contributed by atoms with E-state index in [1.165, 1.54) is 0 Å². The zero-order valence-corrected chi connectivity index (χ0v) is 12.7. The summed E-state index contributed by atoms with van der Waals surface area (Å²) in [5.41, 5.74) is 1.31. The van der Waals surface area contributed by atoms with Crippen molar-refractivity contribution >= 4 is 21.9 Å². The van der Waals surface area contributed by atoms with Crippen LogP contribution in [-0.2, 0) is 11.3 Å². The van der Waals surface area contributed by atoms with Gasteiger partial charge in [-0.3, -0.25) is 0 Å². The average molecular weight is 328 g/mol. The van der Waals surface area contributed by atoms with E-state index < -0.39 is 5.97 Å². The number of ether oxygens (including phenoxy) is 1. The summed E-state index contributed by atoms with van der Waals surface area (Å²) in [6, 6.07) is 5.10. The van der Waals surface area contributed by atoms with Crippen LogP contribution in [-0.4, -0.2) is 29.3 Å². The summed E-state index contributed by atoms with van der Waals surface area (Å²) < 4.78 is 6.40. The summed E-state index contributed by atoms with van der Waals surface area (Å²) >= 11 is 3.42. The van der Waals surface area contributed by atoms with E-state index in [-0.39, 0.29) is 11.6 Å². The fourth-order valence-electron chi connectivity index (χ4n) is 2.19. The van der Waals surface area contributed by atoms with E-state index in [9.17, 15) is 4.79 Å². The summed E-state index contributed by atoms with van der Waals surface area (Å²) in [6.07, 6.45) is 1.17. The molecule has 2 N–H and O–H groups in total. The average Bonchev–Trinajstić information content (AvgIpc) is 2.68. The number of rotatable bonds is 4. The van der Waals surface area contributed by atoms with E-state index in [1.807, 2.05) is 6.07 Å². The van der Waals surface area contributed by atoms with Gasteiger partial charge in [0.2, 0.25) is 0 Å². The molecule has 0 saturated carbocycles. The molecule has 1 heterocycles. The Bertz CT molecular complexity index is 492. The fraction of sp³-hybridized carbons (Fsp3) is 0.500. The van der Waals surface area contributed by atoms with Crippen LogP contribution >= 0.6 is 15.9 Å². The lowest BCUT2D eigenvalue weighted by Gasteiger charge is -2.29. The van der Waals surface area contributed by atoms with Crippen LogP contribution < -0.4 is 5.32 Å². The Hall–Kier alpha value is -0.910. The standard InChI is InChI=1S/C14H18BrNO3/c1-9-14(2,5-6-19-9)16-8-11-4-3-10(13(17)18)7-12(11)15/h3-4,7,9,16H,5-6,8H2,1-2H3,(H,17,18). The summed E-state index contributed by atoms with van der Waals surface area (Å²) in [5.74, 6) is -0.912. The smallest absolute Gasteiger partial charge is 0.335 e. The van der Waals surface area contributed by atoms with Crippen molar-refractivity contribution in [1.82, 2.24) is 5.32 Å². The maximum absolute atomic E-state index is 10.9. The van der Waals surface area contributed by atoms with Crippen LogP contribution in [0.15, 0.2) is 22.7 Å². The molecule has 0 bridgehead atoms. The quantitative estimate of drug-likeness (QED) is 0.892. The number of aromatic carboxylic acids is 1. The monoisotopic (exact) mass is 327 g/mol. The number of carboxylic acid groups (broad SMARTS) is 1. The first-order valence-electron chi connectivity index (χ1n) is 6.31. The predicted octanol–water partition coefficient (Wildman–Crippen LogP) is 2.80. The van der Waals surface area contributed by atoms with Crippen molar-refractivity contribution in [2.75, 3.05) is 6.61 Å². The van der Waals surface area contributed by atoms with Gasteiger partial charge in [0, 0.05) is 23.2 Å². The maximum atomic E-state index is 10.9. The Morgan fingerprint density at radius 2 is 2.37 bits per heavy atom. The molecule has 0 radical (unpaired) electrons. The zero-order valence-electron chi connectivity index (χ0n) is 11.1. The van der Waals surface area contributed by atoms with Crippen LogP contribution in [0, 0.1) is 0 Å². The van der Waals surface area contributed by atoms with Gasteiger partial charge in [-0.1, -0.05) is 22.0 Å². The first-order valence-corrected chi connectivity index (χ1v) is 7.10. The number of hydrogen-bond acceptors (Lipinski definition) is 3. The molecule has 0 amide bonds. The Kier molecular flexibility index (Phi) is 4.28. The van der Waals surface area contributed by atoms with Gasteiger partial charge in [-0.2, -0.15) is 0 Å². The third-order valence-corrected chi connectivity index (χ3v) is 4.61. The van der Waals surface area contributed by atoms with Crippen LogP contribution in [0.5, 0.6) is 0 Å². The van der Waals surface area contributed by atoms with E-state index in [4.69, 9.17) is 9.84 Å². The largest absolute Gasteiger partial charge is 0.478 e. The molecule has 104 valence electrons. The molecule has 1 saturated heterocycles. The Balaban J connectivity index is 2.06. The number of carbonyl (C=O) groups is 1. The zero-order chi connectivity index (χ0) is 14.0. The van der Waals surface area contributed by atoms with E-state index in [0.717, 1.165) is 23.1 Å². The van der Waals surface area contributed by atoms with E-state index in [2.05, 4.69) is 35.1 Å². The van der Waals surface area contributed by atoms with Crippen molar-refractivity contribution in [1.29, 1.82) is 0 Å². The number of hydrogen-bond donors (Lipinski definition) is 2. The van der Waals surface area contributed by atoms with Crippen molar-refractivity contribution in [2.24, 2.45) is 0 Å². The molecule has 0 aromatic heterocycles. The van der Waals surface area contributed by atoms with Crippen molar-refractivity contribution < 1.29 is 14.6 Å². The Morgan fingerprint density at radius 3 is 2.89 bits per heavy atom. The third kappa shape index (κ3) is 3.16. The first-order chi connectivity index (χ1) is 8.92. The van der Waals surface area contributed by atoms with Gasteiger partial charge >= 0.3 is 5.97 Å². The van der Waals surface area contributed by atoms with Gasteiger partial charge in [-0.25, -0.2) is 4.79 Å². The second-order valence-corrected chi connectivity index (χ2v) is 6.00. The summed E-state index contributed by atoms with van der Waals surface area (Å²) in [6.45, 7) is 5.70. The molecule has 1 aromatic rings. The van der Waals surface area contributed by atoms with Crippen molar-refractivity contribution in [3.8, 4) is 0 Å². The van der Waals surface area contributed by atoms with Gasteiger partial charge in [0.15, 0.2) is 0 Å². The normalized spacial score (nSPS) is 26.6. The molecule has 0 aliphatic carbocycles. The van der Waals surface area contributed by atoms with Gasteiger partial charge < -0.3 is 15.2 Å². The lowest BCUT2D eigenvalue weighted by atomic mass is 9.94. The van der Waals surface area contributed by atoms with E-state index >= 15 is 0 Å². The highest BCUT2D eigenvalue weighted by atomic mass is 79.9. The van der Waals surface area contributed by atoms with Crippen LogP contribution in [0.2, 0.25) is 0 Å². The minimum atomic E-state index is -0.912. The Labute approximate surface area is 121 Å². The number of halogens is 1. The summed E-state index contributed by atoms with van der Waals surface area (Å²) in [7, 11) is 0. The lowest BCUT2D eigenvalue weighted by Crippen LogP contribution is -2.47.